The van der Waals surface area contributed by atoms with Crippen molar-refractivity contribution in [3.05, 3.63) is 81.9 Å². The van der Waals surface area contributed by atoms with Crippen LogP contribution < -0.4 is 9.47 Å². The smallest absolute Gasteiger partial charge is 0.399 e. The maximum Gasteiger partial charge on any atom is 0.573 e. The number of ether oxygens (including phenoxy) is 2. The minimum Gasteiger partial charge on any atom is -0.399 e. The van der Waals surface area contributed by atoms with Crippen LogP contribution in [-0.2, 0) is 25.7 Å². The fraction of sp³-hybridized carbons (Fsp3) is 0.487. The highest BCUT2D eigenvalue weighted by atomic mass is 19.4. The van der Waals surface area contributed by atoms with E-state index in [0.717, 1.165) is 105 Å². The Bertz CT molecular complexity index is 1850. The van der Waals surface area contributed by atoms with Crippen molar-refractivity contribution in [3.8, 4) is 11.5 Å². The highest BCUT2D eigenvalue weighted by Gasteiger charge is 2.36. The van der Waals surface area contributed by atoms with E-state index in [1.165, 1.54) is 12.8 Å². The van der Waals surface area contributed by atoms with E-state index >= 15 is 0 Å². The zero-order chi connectivity index (χ0) is 37.1. The van der Waals surface area contributed by atoms with Gasteiger partial charge in [-0.15, -0.1) is 26.3 Å². The number of aryl methyl sites for hydroxylation is 2. The number of fused-ring (bicyclic) bond motifs is 4. The van der Waals surface area contributed by atoms with Gasteiger partial charge >= 0.3 is 12.7 Å². The van der Waals surface area contributed by atoms with Crippen molar-refractivity contribution >= 4 is 21.5 Å². The maximum absolute atomic E-state index is 14.4. The largest absolute Gasteiger partial charge is 0.573 e. The first kappa shape index (κ1) is 38.5. The Morgan fingerprint density at radius 1 is 0.549 bits per heavy atom. The summed E-state index contributed by atoms with van der Waals surface area (Å²) in [4.78, 5) is 0. The summed E-state index contributed by atoms with van der Waals surface area (Å²) in [5.74, 6) is -6.98. The van der Waals surface area contributed by atoms with Crippen LogP contribution in [0.3, 0.4) is 0 Å². The second-order valence-corrected chi connectivity index (χ2v) is 13.6. The van der Waals surface area contributed by atoms with Crippen molar-refractivity contribution in [2.75, 3.05) is 0 Å². The maximum atomic E-state index is 14.4. The van der Waals surface area contributed by atoms with Gasteiger partial charge in [0.2, 0.25) is 11.5 Å². The fourth-order valence-electron chi connectivity index (χ4n) is 7.37. The molecule has 51 heavy (non-hydrogen) atoms. The van der Waals surface area contributed by atoms with E-state index < -0.39 is 47.5 Å². The summed E-state index contributed by atoms with van der Waals surface area (Å²) in [6, 6.07) is 8.33. The number of benzene rings is 4. The molecule has 2 unspecified atom stereocenters. The monoisotopic (exact) mass is 730 g/mol. The molecule has 4 aromatic rings. The van der Waals surface area contributed by atoms with Crippen molar-refractivity contribution in [1.82, 2.24) is 0 Å². The minimum absolute atomic E-state index is 0.0335. The molecule has 0 spiro atoms. The van der Waals surface area contributed by atoms with Crippen LogP contribution in [0.5, 0.6) is 11.5 Å². The molecule has 2 aliphatic carbocycles. The third-order valence-electron chi connectivity index (χ3n) is 9.89. The van der Waals surface area contributed by atoms with Gasteiger partial charge in [0.15, 0.2) is 23.3 Å². The number of unbranched alkanes of at least 4 members (excludes halogenated alkanes) is 3. The number of alkyl halides is 6. The van der Waals surface area contributed by atoms with Crippen LogP contribution in [0.2, 0.25) is 0 Å². The lowest BCUT2D eigenvalue weighted by molar-refractivity contribution is -0.277. The first-order chi connectivity index (χ1) is 24.1. The first-order valence-electron chi connectivity index (χ1n) is 17.4. The Kier molecular flexibility index (Phi) is 12.0. The van der Waals surface area contributed by atoms with E-state index in [1.54, 1.807) is 24.3 Å². The molecule has 0 heterocycles. The minimum atomic E-state index is -5.14. The molecule has 2 aliphatic rings. The molecule has 2 atom stereocenters. The Labute approximate surface area is 290 Å². The molecule has 2 nitrogen and oxygen atoms in total. The molecule has 0 N–H and O–H groups in total. The molecule has 0 saturated heterocycles. The second-order valence-electron chi connectivity index (χ2n) is 13.6. The zero-order valence-electron chi connectivity index (χ0n) is 28.4. The predicted molar refractivity (Wildman–Crippen MR) is 176 cm³/mol. The number of halogens is 10. The molecule has 0 fully saturated rings. The number of hydrogen-bond acceptors (Lipinski definition) is 2. The van der Waals surface area contributed by atoms with E-state index in [9.17, 15) is 43.9 Å². The van der Waals surface area contributed by atoms with Crippen LogP contribution in [0.4, 0.5) is 43.9 Å². The quantitative estimate of drug-likeness (QED) is 0.126. The standard InChI is InChI=1S/C20H21F5O.C19H19F5O/c1-2-3-4-5-12-6-7-13-10-16-15(9-14(13)8-12)11-17(21)19(18(16)22)26-20(23,24)25;1-2-3-4-11-5-6-12-9-15-14(8-13(12)7-11)10-16(20)18(17(15)21)25-19(22,23)24/h9-12H,2-8H2,1H3;8-11H,2-7H2,1H3. The van der Waals surface area contributed by atoms with Gasteiger partial charge in [0.1, 0.15) is 0 Å². The van der Waals surface area contributed by atoms with Crippen LogP contribution in [0.25, 0.3) is 21.5 Å². The van der Waals surface area contributed by atoms with Crippen molar-refractivity contribution in [1.29, 1.82) is 0 Å². The molecule has 0 bridgehead atoms. The van der Waals surface area contributed by atoms with Gasteiger partial charge in [-0.1, -0.05) is 70.9 Å². The predicted octanol–water partition coefficient (Wildman–Crippen LogP) is 13.0. The molecular weight excluding hydrogens is 690 g/mol. The highest BCUT2D eigenvalue weighted by molar-refractivity contribution is 5.87. The molecule has 12 heteroatoms. The van der Waals surface area contributed by atoms with Crippen molar-refractivity contribution < 1.29 is 53.4 Å². The molecule has 0 radical (unpaired) electrons. The van der Waals surface area contributed by atoms with E-state index in [-0.39, 0.29) is 21.5 Å². The van der Waals surface area contributed by atoms with Crippen LogP contribution in [0, 0.1) is 35.1 Å². The summed E-state index contributed by atoms with van der Waals surface area (Å²) in [5.41, 5.74) is 3.91. The first-order valence-corrected chi connectivity index (χ1v) is 17.4. The molecule has 4 aromatic carbocycles. The summed E-state index contributed by atoms with van der Waals surface area (Å²) < 4.78 is 138. The van der Waals surface area contributed by atoms with E-state index in [1.807, 2.05) is 0 Å². The third-order valence-corrected chi connectivity index (χ3v) is 9.89. The van der Waals surface area contributed by atoms with Crippen LogP contribution in [-0.4, -0.2) is 12.7 Å². The third kappa shape index (κ3) is 9.60. The Morgan fingerprint density at radius 3 is 1.35 bits per heavy atom. The molecule has 0 amide bonds. The second kappa shape index (κ2) is 15.9. The average Bonchev–Trinajstić information content (AvgIpc) is 3.06. The molecular formula is C39H40F10O2. The van der Waals surface area contributed by atoms with E-state index in [0.29, 0.717) is 11.8 Å². The zero-order valence-corrected chi connectivity index (χ0v) is 28.4. The summed E-state index contributed by atoms with van der Waals surface area (Å²) >= 11 is 0. The van der Waals surface area contributed by atoms with Gasteiger partial charge in [-0.3, -0.25) is 0 Å². The van der Waals surface area contributed by atoms with Gasteiger partial charge in [-0.25, -0.2) is 17.6 Å². The molecule has 0 aromatic heterocycles. The lowest BCUT2D eigenvalue weighted by Crippen LogP contribution is -2.19. The van der Waals surface area contributed by atoms with Crippen molar-refractivity contribution in [3.63, 3.8) is 0 Å². The summed E-state index contributed by atoms with van der Waals surface area (Å²) in [6.07, 6.45) is 2.93. The lowest BCUT2D eigenvalue weighted by atomic mass is 9.80. The topological polar surface area (TPSA) is 18.5 Å². The van der Waals surface area contributed by atoms with Gasteiger partial charge in [0.25, 0.3) is 0 Å². The Balaban J connectivity index is 0.000000198. The van der Waals surface area contributed by atoms with Gasteiger partial charge in [-0.2, -0.15) is 0 Å². The number of rotatable bonds is 9. The van der Waals surface area contributed by atoms with Crippen molar-refractivity contribution in [2.45, 2.75) is 110 Å². The van der Waals surface area contributed by atoms with Gasteiger partial charge in [0.05, 0.1) is 0 Å². The summed E-state index contributed by atoms with van der Waals surface area (Å²) in [5, 5.41) is 0.460. The van der Waals surface area contributed by atoms with Gasteiger partial charge in [0, 0.05) is 10.8 Å². The SMILES string of the molecule is CCCCC1CCc2cc3c(F)c(OC(F)(F)F)c(F)cc3cc2C1.CCCCCC1CCc2cc3c(F)c(OC(F)(F)F)c(F)cc3cc2C1. The normalized spacial score (nSPS) is 17.5. The lowest BCUT2D eigenvalue weighted by Gasteiger charge is -2.25. The average molecular weight is 731 g/mol. The van der Waals surface area contributed by atoms with Crippen LogP contribution in [0.15, 0.2) is 36.4 Å². The molecule has 0 aliphatic heterocycles. The highest BCUT2D eigenvalue weighted by Crippen LogP contribution is 2.39. The summed E-state index contributed by atoms with van der Waals surface area (Å²) in [7, 11) is 0. The number of hydrogen-bond donors (Lipinski definition) is 0. The van der Waals surface area contributed by atoms with E-state index in [2.05, 4.69) is 23.3 Å². The van der Waals surface area contributed by atoms with Gasteiger partial charge in [-0.05, 0) is 108 Å². The van der Waals surface area contributed by atoms with Crippen molar-refractivity contribution in [2.24, 2.45) is 11.8 Å². The van der Waals surface area contributed by atoms with Crippen LogP contribution >= 0.6 is 0 Å². The van der Waals surface area contributed by atoms with E-state index in [4.69, 9.17) is 0 Å². The molecule has 278 valence electrons. The molecule has 6 rings (SSSR count). The summed E-state index contributed by atoms with van der Waals surface area (Å²) in [6.45, 7) is 4.29. The Morgan fingerprint density at radius 2 is 0.961 bits per heavy atom. The molecule has 0 saturated carbocycles. The van der Waals surface area contributed by atoms with Crippen LogP contribution in [0.1, 0.15) is 93.9 Å². The fourth-order valence-corrected chi connectivity index (χ4v) is 7.37. The Hall–Kier alpha value is -3.70. The van der Waals surface area contributed by atoms with Gasteiger partial charge < -0.3 is 9.47 Å².